The molecular weight excluding hydrogens is 258 g/mol. The lowest BCUT2D eigenvalue weighted by molar-refractivity contribution is -0.120. The Morgan fingerprint density at radius 3 is 2.74 bits per heavy atom. The van der Waals surface area contributed by atoms with E-state index in [1.807, 2.05) is 30.5 Å². The van der Waals surface area contributed by atoms with E-state index in [1.54, 1.807) is 11.8 Å². The lowest BCUT2D eigenvalue weighted by Gasteiger charge is -2.04. The fourth-order valence-electron chi connectivity index (χ4n) is 1.41. The smallest absolute Gasteiger partial charge is 0.221 e. The van der Waals surface area contributed by atoms with Gasteiger partial charge in [0.05, 0.1) is 6.61 Å². The summed E-state index contributed by atoms with van der Waals surface area (Å²) in [6.07, 6.45) is 3.04. The van der Waals surface area contributed by atoms with Gasteiger partial charge in [-0.2, -0.15) is 11.8 Å². The molecule has 0 saturated heterocycles. The molecule has 0 aromatic heterocycles. The van der Waals surface area contributed by atoms with Crippen molar-refractivity contribution in [1.29, 1.82) is 0 Å². The van der Waals surface area contributed by atoms with Gasteiger partial charge in [-0.25, -0.2) is 0 Å². The molecule has 0 aliphatic rings. The van der Waals surface area contributed by atoms with Crippen molar-refractivity contribution in [3.8, 4) is 11.8 Å². The van der Waals surface area contributed by atoms with Crippen LogP contribution >= 0.6 is 11.8 Å². The summed E-state index contributed by atoms with van der Waals surface area (Å²) in [5.41, 5.74) is 1.98. The fraction of sp³-hybridized carbons (Fsp3) is 0.400. The van der Waals surface area contributed by atoms with Crippen LogP contribution in [0.2, 0.25) is 0 Å². The number of hydrogen-bond donors (Lipinski definition) is 2. The van der Waals surface area contributed by atoms with E-state index in [0.29, 0.717) is 19.4 Å². The second-order valence-electron chi connectivity index (χ2n) is 3.99. The van der Waals surface area contributed by atoms with E-state index in [-0.39, 0.29) is 12.5 Å². The van der Waals surface area contributed by atoms with Gasteiger partial charge in [0.2, 0.25) is 5.91 Å². The average molecular weight is 277 g/mol. The van der Waals surface area contributed by atoms with Gasteiger partial charge in [0.1, 0.15) is 0 Å². The number of carbonyl (C=O) groups excluding carboxylic acids is 1. The molecule has 19 heavy (non-hydrogen) atoms. The Labute approximate surface area is 118 Å². The Hall–Kier alpha value is -1.44. The van der Waals surface area contributed by atoms with Crippen LogP contribution in [0.25, 0.3) is 0 Å². The number of hydrogen-bond acceptors (Lipinski definition) is 3. The van der Waals surface area contributed by atoms with E-state index in [4.69, 9.17) is 5.11 Å². The molecule has 0 heterocycles. The molecule has 0 atom stereocenters. The van der Waals surface area contributed by atoms with E-state index in [0.717, 1.165) is 16.9 Å². The first-order valence-corrected chi connectivity index (χ1v) is 7.60. The molecule has 0 saturated carbocycles. The largest absolute Gasteiger partial charge is 0.395 e. The lowest BCUT2D eigenvalue weighted by atomic mass is 10.1. The van der Waals surface area contributed by atoms with Gasteiger partial charge in [-0.1, -0.05) is 24.0 Å². The van der Waals surface area contributed by atoms with Crippen molar-refractivity contribution < 1.29 is 9.90 Å². The highest BCUT2D eigenvalue weighted by molar-refractivity contribution is 7.98. The zero-order chi connectivity index (χ0) is 13.9. The second kappa shape index (κ2) is 9.48. The number of thioether (sulfide) groups is 1. The molecule has 4 heteroatoms. The molecule has 1 aromatic rings. The lowest BCUT2D eigenvalue weighted by Crippen LogP contribution is -2.22. The number of rotatable bonds is 6. The summed E-state index contributed by atoms with van der Waals surface area (Å²) in [6.45, 7) is 0.644. The Bertz CT molecular complexity index is 445. The highest BCUT2D eigenvalue weighted by atomic mass is 32.2. The maximum Gasteiger partial charge on any atom is 0.221 e. The van der Waals surface area contributed by atoms with Crippen molar-refractivity contribution in [2.24, 2.45) is 0 Å². The highest BCUT2D eigenvalue weighted by Crippen LogP contribution is 2.03. The van der Waals surface area contributed by atoms with Gasteiger partial charge in [0, 0.05) is 30.7 Å². The highest BCUT2D eigenvalue weighted by Gasteiger charge is 2.00. The number of aliphatic hydroxyl groups is 1. The van der Waals surface area contributed by atoms with E-state index >= 15 is 0 Å². The number of aliphatic hydroxyl groups excluding tert-OH is 1. The van der Waals surface area contributed by atoms with Gasteiger partial charge < -0.3 is 10.4 Å². The quantitative estimate of drug-likeness (QED) is 0.779. The minimum absolute atomic E-state index is 0.0844. The summed E-state index contributed by atoms with van der Waals surface area (Å²) < 4.78 is 0. The van der Waals surface area contributed by atoms with Crippen molar-refractivity contribution in [3.63, 3.8) is 0 Å². The number of benzene rings is 1. The molecular formula is C15H19NO2S. The van der Waals surface area contributed by atoms with Gasteiger partial charge in [-0.15, -0.1) is 0 Å². The van der Waals surface area contributed by atoms with E-state index in [2.05, 4.69) is 17.2 Å². The van der Waals surface area contributed by atoms with Crippen molar-refractivity contribution in [2.45, 2.75) is 19.4 Å². The molecule has 3 nitrogen and oxygen atoms in total. The zero-order valence-corrected chi connectivity index (χ0v) is 11.9. The summed E-state index contributed by atoms with van der Waals surface area (Å²) in [5.74, 6) is 6.77. The first-order chi connectivity index (χ1) is 9.26. The molecule has 0 spiro atoms. The van der Waals surface area contributed by atoms with Gasteiger partial charge in [-0.05, 0) is 24.0 Å². The molecule has 2 N–H and O–H groups in total. The zero-order valence-electron chi connectivity index (χ0n) is 11.1. The molecule has 1 aromatic carbocycles. The summed E-state index contributed by atoms with van der Waals surface area (Å²) in [7, 11) is 0. The van der Waals surface area contributed by atoms with E-state index < -0.39 is 0 Å². The summed E-state index contributed by atoms with van der Waals surface area (Å²) in [6, 6.07) is 7.76. The van der Waals surface area contributed by atoms with Crippen LogP contribution in [0, 0.1) is 11.8 Å². The number of carbonyl (C=O) groups is 1. The standard InChI is InChI=1S/C15H19NO2S/c1-19-11-9-15(18)16-12-14-7-5-13(6-8-14)4-2-3-10-17/h5-8,17H,3,9-12H2,1H3,(H,16,18). The van der Waals surface area contributed by atoms with Gasteiger partial charge in [0.15, 0.2) is 0 Å². The minimum Gasteiger partial charge on any atom is -0.395 e. The van der Waals surface area contributed by atoms with Gasteiger partial charge >= 0.3 is 0 Å². The van der Waals surface area contributed by atoms with Crippen LogP contribution in [0.3, 0.4) is 0 Å². The molecule has 1 rings (SSSR count). The van der Waals surface area contributed by atoms with Crippen LogP contribution in [-0.4, -0.2) is 29.6 Å². The predicted octanol–water partition coefficient (Wildman–Crippen LogP) is 1.79. The SMILES string of the molecule is CSCCC(=O)NCc1ccc(C#CCCO)cc1. The summed E-state index contributed by atoms with van der Waals surface area (Å²) >= 11 is 1.67. The van der Waals surface area contributed by atoms with Crippen molar-refractivity contribution in [1.82, 2.24) is 5.32 Å². The summed E-state index contributed by atoms with van der Waals surface area (Å²) in [4.78, 5) is 11.4. The minimum atomic E-state index is 0.0844. The fourth-order valence-corrected chi connectivity index (χ4v) is 1.80. The Balaban J connectivity index is 2.40. The number of amides is 1. The monoisotopic (exact) mass is 277 g/mol. The van der Waals surface area contributed by atoms with E-state index in [1.165, 1.54) is 0 Å². The third kappa shape index (κ3) is 6.90. The molecule has 102 valence electrons. The Morgan fingerprint density at radius 1 is 1.37 bits per heavy atom. The van der Waals surface area contributed by atoms with Crippen molar-refractivity contribution >= 4 is 17.7 Å². The topological polar surface area (TPSA) is 49.3 Å². The molecule has 1 amide bonds. The van der Waals surface area contributed by atoms with Crippen LogP contribution < -0.4 is 5.32 Å². The van der Waals surface area contributed by atoms with Crippen LogP contribution in [0.4, 0.5) is 0 Å². The van der Waals surface area contributed by atoms with Crippen LogP contribution in [-0.2, 0) is 11.3 Å². The van der Waals surface area contributed by atoms with Crippen molar-refractivity contribution in [2.75, 3.05) is 18.6 Å². The predicted molar refractivity (Wildman–Crippen MR) is 79.9 cm³/mol. The third-order valence-electron chi connectivity index (χ3n) is 2.45. The van der Waals surface area contributed by atoms with Crippen LogP contribution in [0.15, 0.2) is 24.3 Å². The molecule has 0 unspecified atom stereocenters. The van der Waals surface area contributed by atoms with Gasteiger partial charge in [-0.3, -0.25) is 4.79 Å². The molecule has 0 fully saturated rings. The first-order valence-electron chi connectivity index (χ1n) is 6.20. The molecule has 0 radical (unpaired) electrons. The average Bonchev–Trinajstić information content (AvgIpc) is 2.44. The Kier molecular flexibility index (Phi) is 7.80. The number of nitrogens with one attached hydrogen (secondary N) is 1. The normalized spacial score (nSPS) is 9.58. The maximum atomic E-state index is 11.4. The molecule has 0 bridgehead atoms. The van der Waals surface area contributed by atoms with Gasteiger partial charge in [0.25, 0.3) is 0 Å². The maximum absolute atomic E-state index is 11.4. The third-order valence-corrected chi connectivity index (χ3v) is 3.06. The van der Waals surface area contributed by atoms with Crippen molar-refractivity contribution in [3.05, 3.63) is 35.4 Å². The van der Waals surface area contributed by atoms with Crippen LogP contribution in [0.1, 0.15) is 24.0 Å². The second-order valence-corrected chi connectivity index (χ2v) is 4.98. The molecule has 0 aliphatic carbocycles. The Morgan fingerprint density at radius 2 is 2.11 bits per heavy atom. The molecule has 0 aliphatic heterocycles. The first kappa shape index (κ1) is 15.6. The van der Waals surface area contributed by atoms with E-state index in [9.17, 15) is 4.79 Å². The van der Waals surface area contributed by atoms with Crippen LogP contribution in [0.5, 0.6) is 0 Å². The summed E-state index contributed by atoms with van der Waals surface area (Å²) in [5, 5.41) is 11.5.